The highest BCUT2D eigenvalue weighted by Crippen LogP contribution is 2.20. The number of sulfonamides is 1. The molecule has 6 heteroatoms. The number of aliphatic hydroxyl groups is 1. The Bertz CT molecular complexity index is 437. The summed E-state index contributed by atoms with van der Waals surface area (Å²) in [6.45, 7) is 5.59. The zero-order valence-electron chi connectivity index (χ0n) is 9.60. The first-order valence-electron chi connectivity index (χ1n) is 5.07. The fourth-order valence-electron chi connectivity index (χ4n) is 1.06. The van der Waals surface area contributed by atoms with Gasteiger partial charge in [-0.1, -0.05) is 13.8 Å². The smallest absolute Gasteiger partial charge is 0.250 e. The fraction of sp³-hybridized carbons (Fsp3) is 0.600. The van der Waals surface area contributed by atoms with Crippen LogP contribution in [0.25, 0.3) is 0 Å². The predicted octanol–water partition coefficient (Wildman–Crippen LogP) is 1.35. The third kappa shape index (κ3) is 3.55. The van der Waals surface area contributed by atoms with E-state index < -0.39 is 16.1 Å². The fourth-order valence-corrected chi connectivity index (χ4v) is 3.44. The monoisotopic (exact) mass is 263 g/mol. The lowest BCUT2D eigenvalue weighted by Crippen LogP contribution is -2.34. The van der Waals surface area contributed by atoms with Gasteiger partial charge in [-0.15, -0.1) is 11.3 Å². The van der Waals surface area contributed by atoms with Gasteiger partial charge in [-0.05, 0) is 25.0 Å². The molecule has 1 heterocycles. The molecule has 1 aromatic rings. The molecule has 0 fully saturated rings. The van der Waals surface area contributed by atoms with E-state index in [1.54, 1.807) is 12.1 Å². The van der Waals surface area contributed by atoms with Crippen LogP contribution in [0.3, 0.4) is 0 Å². The van der Waals surface area contributed by atoms with E-state index in [0.717, 1.165) is 4.88 Å². The molecule has 1 atom stereocenters. The molecule has 0 amide bonds. The van der Waals surface area contributed by atoms with Crippen LogP contribution < -0.4 is 4.72 Å². The summed E-state index contributed by atoms with van der Waals surface area (Å²) in [6.07, 6.45) is -0.657. The minimum atomic E-state index is -3.46. The highest BCUT2D eigenvalue weighted by Gasteiger charge is 2.18. The molecule has 2 N–H and O–H groups in total. The topological polar surface area (TPSA) is 66.4 Å². The first kappa shape index (κ1) is 13.6. The molecule has 0 aliphatic heterocycles. The van der Waals surface area contributed by atoms with E-state index in [0.29, 0.717) is 4.21 Å². The normalized spacial score (nSPS) is 14.3. The van der Waals surface area contributed by atoms with Crippen LogP contribution in [0.15, 0.2) is 16.3 Å². The summed E-state index contributed by atoms with van der Waals surface area (Å²) in [6, 6.07) is 3.34. The van der Waals surface area contributed by atoms with E-state index in [1.165, 1.54) is 11.3 Å². The second kappa shape index (κ2) is 5.27. The Morgan fingerprint density at radius 2 is 2.06 bits per heavy atom. The maximum absolute atomic E-state index is 11.8. The van der Waals surface area contributed by atoms with Gasteiger partial charge in [0.1, 0.15) is 4.21 Å². The molecule has 0 aromatic carbocycles. The van der Waals surface area contributed by atoms with Gasteiger partial charge in [-0.3, -0.25) is 0 Å². The lowest BCUT2D eigenvalue weighted by Gasteiger charge is -2.14. The third-order valence-electron chi connectivity index (χ3n) is 2.23. The molecule has 0 radical (unpaired) electrons. The molecule has 1 rings (SSSR count). The van der Waals surface area contributed by atoms with E-state index in [1.807, 2.05) is 20.8 Å². The van der Waals surface area contributed by atoms with E-state index in [2.05, 4.69) is 4.72 Å². The summed E-state index contributed by atoms with van der Waals surface area (Å²) in [5.41, 5.74) is 0. The number of hydrogen-bond acceptors (Lipinski definition) is 4. The molecule has 92 valence electrons. The molecule has 0 aliphatic carbocycles. The number of aryl methyl sites for hydroxylation is 1. The molecule has 0 saturated heterocycles. The van der Waals surface area contributed by atoms with Crippen LogP contribution in [-0.2, 0) is 10.0 Å². The Hall–Kier alpha value is -0.430. The van der Waals surface area contributed by atoms with Crippen molar-refractivity contribution in [2.75, 3.05) is 6.54 Å². The van der Waals surface area contributed by atoms with Crippen LogP contribution in [0.4, 0.5) is 0 Å². The van der Waals surface area contributed by atoms with Crippen LogP contribution in [0.2, 0.25) is 0 Å². The standard InChI is InChI=1S/C10H17NO3S2/c1-7(2)9(12)6-11-16(13,14)10-5-4-8(3)15-10/h4-5,7,9,11-12H,6H2,1-3H3. The van der Waals surface area contributed by atoms with E-state index in [4.69, 9.17) is 0 Å². The van der Waals surface area contributed by atoms with Gasteiger partial charge in [-0.2, -0.15) is 0 Å². The lowest BCUT2D eigenvalue weighted by molar-refractivity contribution is 0.129. The van der Waals surface area contributed by atoms with Gasteiger partial charge >= 0.3 is 0 Å². The van der Waals surface area contributed by atoms with E-state index in [9.17, 15) is 13.5 Å². The van der Waals surface area contributed by atoms with Gasteiger partial charge in [0.25, 0.3) is 0 Å². The number of hydrogen-bond donors (Lipinski definition) is 2. The summed E-state index contributed by atoms with van der Waals surface area (Å²) in [5, 5.41) is 9.52. The Labute approximate surface area is 100 Å². The minimum absolute atomic E-state index is 0.0350. The van der Waals surface area contributed by atoms with Gasteiger partial charge < -0.3 is 5.11 Å². The Morgan fingerprint density at radius 3 is 2.50 bits per heavy atom. The van der Waals surface area contributed by atoms with Crippen molar-refractivity contribution >= 4 is 21.4 Å². The zero-order chi connectivity index (χ0) is 12.3. The van der Waals surface area contributed by atoms with Gasteiger partial charge in [0, 0.05) is 11.4 Å². The van der Waals surface area contributed by atoms with Crippen molar-refractivity contribution in [1.29, 1.82) is 0 Å². The molecule has 0 bridgehead atoms. The van der Waals surface area contributed by atoms with Gasteiger partial charge in [0.15, 0.2) is 0 Å². The average Bonchev–Trinajstić information content (AvgIpc) is 2.61. The Kier molecular flexibility index (Phi) is 4.49. The Morgan fingerprint density at radius 1 is 1.44 bits per heavy atom. The summed E-state index contributed by atoms with van der Waals surface area (Å²) < 4.78 is 26.2. The molecule has 4 nitrogen and oxygen atoms in total. The van der Waals surface area contributed by atoms with Crippen molar-refractivity contribution in [2.45, 2.75) is 31.1 Å². The molecule has 1 unspecified atom stereocenters. The van der Waals surface area contributed by atoms with Crippen LogP contribution in [-0.4, -0.2) is 26.2 Å². The highest BCUT2D eigenvalue weighted by atomic mass is 32.2. The maximum atomic E-state index is 11.8. The average molecular weight is 263 g/mol. The second-order valence-electron chi connectivity index (χ2n) is 4.03. The molecule has 16 heavy (non-hydrogen) atoms. The van der Waals surface area contributed by atoms with Crippen molar-refractivity contribution in [1.82, 2.24) is 4.72 Å². The van der Waals surface area contributed by atoms with Crippen LogP contribution >= 0.6 is 11.3 Å². The number of aliphatic hydroxyl groups excluding tert-OH is 1. The molecule has 1 aromatic heterocycles. The van der Waals surface area contributed by atoms with Crippen molar-refractivity contribution in [3.8, 4) is 0 Å². The quantitative estimate of drug-likeness (QED) is 0.842. The van der Waals surface area contributed by atoms with E-state index >= 15 is 0 Å². The summed E-state index contributed by atoms with van der Waals surface area (Å²) in [4.78, 5) is 0.949. The van der Waals surface area contributed by atoms with Crippen molar-refractivity contribution in [3.63, 3.8) is 0 Å². The Balaban J connectivity index is 2.67. The van der Waals surface area contributed by atoms with Crippen LogP contribution in [0.1, 0.15) is 18.7 Å². The molecule has 0 aliphatic rings. The number of rotatable bonds is 5. The summed E-state index contributed by atoms with van der Waals surface area (Å²) >= 11 is 1.22. The SMILES string of the molecule is Cc1ccc(S(=O)(=O)NCC(O)C(C)C)s1. The zero-order valence-corrected chi connectivity index (χ0v) is 11.2. The minimum Gasteiger partial charge on any atom is -0.391 e. The highest BCUT2D eigenvalue weighted by molar-refractivity contribution is 7.91. The third-order valence-corrected chi connectivity index (χ3v) is 5.15. The predicted molar refractivity (Wildman–Crippen MR) is 65.1 cm³/mol. The van der Waals surface area contributed by atoms with E-state index in [-0.39, 0.29) is 12.5 Å². The first-order valence-corrected chi connectivity index (χ1v) is 7.37. The summed E-state index contributed by atoms with van der Waals surface area (Å²) in [5.74, 6) is 0.0350. The van der Waals surface area contributed by atoms with Crippen molar-refractivity contribution in [3.05, 3.63) is 17.0 Å². The molecule has 0 saturated carbocycles. The molecular formula is C10H17NO3S2. The lowest BCUT2D eigenvalue weighted by atomic mass is 10.1. The van der Waals surface area contributed by atoms with Gasteiger partial charge in [0.05, 0.1) is 6.10 Å². The molecular weight excluding hydrogens is 246 g/mol. The van der Waals surface area contributed by atoms with Crippen molar-refractivity contribution in [2.24, 2.45) is 5.92 Å². The van der Waals surface area contributed by atoms with Gasteiger partial charge in [-0.25, -0.2) is 13.1 Å². The molecule has 0 spiro atoms. The van der Waals surface area contributed by atoms with Crippen LogP contribution in [0, 0.1) is 12.8 Å². The van der Waals surface area contributed by atoms with Crippen molar-refractivity contribution < 1.29 is 13.5 Å². The number of nitrogens with one attached hydrogen (secondary N) is 1. The number of thiophene rings is 1. The van der Waals surface area contributed by atoms with Gasteiger partial charge in [0.2, 0.25) is 10.0 Å². The maximum Gasteiger partial charge on any atom is 0.250 e. The second-order valence-corrected chi connectivity index (χ2v) is 7.31. The largest absolute Gasteiger partial charge is 0.391 e. The van der Waals surface area contributed by atoms with Crippen LogP contribution in [0.5, 0.6) is 0 Å². The summed E-state index contributed by atoms with van der Waals surface area (Å²) in [7, 11) is -3.46. The first-order chi connectivity index (χ1) is 7.33.